The molecule has 0 unspecified atom stereocenters. The van der Waals surface area contributed by atoms with Crippen molar-refractivity contribution >= 4 is 11.0 Å². The molecule has 1 aliphatic carbocycles. The fraction of sp³-hybridized carbons (Fsp3) is 0.0204. The molecular weight excluding hydrogens is 631 g/mol. The van der Waals surface area contributed by atoms with Gasteiger partial charge in [0.25, 0.3) is 0 Å². The van der Waals surface area contributed by atoms with E-state index in [1.807, 2.05) is 18.3 Å². The molecule has 0 spiro atoms. The highest BCUT2D eigenvalue weighted by molar-refractivity contribution is 5.94. The number of rotatable bonds is 6. The Hall–Kier alpha value is -6.84. The molecule has 0 bridgehead atoms. The minimum Gasteiger partial charge on any atom is -0.292 e. The Morgan fingerprint density at radius 3 is 1.75 bits per heavy atom. The topological polar surface area (TPSA) is 30.7 Å². The fourth-order valence-corrected chi connectivity index (χ4v) is 8.32. The van der Waals surface area contributed by atoms with Crippen LogP contribution < -0.4 is 0 Å². The molecule has 2 heterocycles. The summed E-state index contributed by atoms with van der Waals surface area (Å²) in [5.41, 5.74) is 15.6. The first kappa shape index (κ1) is 30.0. The van der Waals surface area contributed by atoms with Crippen molar-refractivity contribution in [1.29, 1.82) is 0 Å². The molecular formula is C49H33N3. The largest absolute Gasteiger partial charge is 0.292 e. The van der Waals surface area contributed by atoms with E-state index in [1.165, 1.54) is 33.4 Å². The van der Waals surface area contributed by atoms with E-state index >= 15 is 0 Å². The summed E-state index contributed by atoms with van der Waals surface area (Å²) < 4.78 is 2.25. The summed E-state index contributed by atoms with van der Waals surface area (Å²) >= 11 is 0. The van der Waals surface area contributed by atoms with Crippen LogP contribution in [0.3, 0.4) is 0 Å². The van der Waals surface area contributed by atoms with Gasteiger partial charge < -0.3 is 0 Å². The van der Waals surface area contributed by atoms with Crippen LogP contribution in [0.1, 0.15) is 22.3 Å². The van der Waals surface area contributed by atoms with Crippen LogP contribution in [-0.4, -0.2) is 14.5 Å². The molecule has 3 heteroatoms. The van der Waals surface area contributed by atoms with E-state index in [9.17, 15) is 0 Å². The van der Waals surface area contributed by atoms with Crippen molar-refractivity contribution in [3.63, 3.8) is 0 Å². The second-order valence-corrected chi connectivity index (χ2v) is 13.4. The third-order valence-electron chi connectivity index (χ3n) is 10.6. The summed E-state index contributed by atoms with van der Waals surface area (Å²) in [6.45, 7) is 0. The van der Waals surface area contributed by atoms with Gasteiger partial charge in [0, 0.05) is 23.0 Å². The second-order valence-electron chi connectivity index (χ2n) is 13.4. The average molecular weight is 664 g/mol. The molecule has 0 aliphatic heterocycles. The summed E-state index contributed by atoms with van der Waals surface area (Å²) in [6.07, 6.45) is 1.89. The lowest BCUT2D eigenvalue weighted by molar-refractivity contribution is 0.769. The molecule has 2 aromatic heterocycles. The van der Waals surface area contributed by atoms with Crippen LogP contribution in [0.4, 0.5) is 0 Å². The molecule has 0 fully saturated rings. The minimum absolute atomic E-state index is 0.489. The van der Waals surface area contributed by atoms with Crippen LogP contribution in [0, 0.1) is 0 Å². The van der Waals surface area contributed by atoms with Gasteiger partial charge in [0.15, 0.2) is 0 Å². The Kier molecular flexibility index (Phi) is 7.04. The van der Waals surface area contributed by atoms with Gasteiger partial charge in [-0.1, -0.05) is 146 Å². The maximum Gasteiger partial charge on any atom is 0.145 e. The second kappa shape index (κ2) is 12.2. The molecule has 3 nitrogen and oxygen atoms in total. The molecule has 0 saturated carbocycles. The number of benzene rings is 7. The summed E-state index contributed by atoms with van der Waals surface area (Å²) in [5, 5.41) is 0. The highest BCUT2D eigenvalue weighted by Crippen LogP contribution is 2.57. The van der Waals surface area contributed by atoms with Gasteiger partial charge in [0.2, 0.25) is 0 Å². The summed E-state index contributed by atoms with van der Waals surface area (Å²) in [7, 11) is 0. The van der Waals surface area contributed by atoms with Crippen LogP contribution in [0.2, 0.25) is 0 Å². The molecule has 9 aromatic rings. The van der Waals surface area contributed by atoms with E-state index in [0.29, 0.717) is 0 Å². The van der Waals surface area contributed by atoms with Crippen LogP contribution in [0.5, 0.6) is 0 Å². The molecule has 0 radical (unpaired) electrons. The fourth-order valence-electron chi connectivity index (χ4n) is 8.32. The summed E-state index contributed by atoms with van der Waals surface area (Å²) in [4.78, 5) is 10.0. The highest BCUT2D eigenvalue weighted by atomic mass is 15.1. The van der Waals surface area contributed by atoms with Crippen molar-refractivity contribution in [3.05, 3.63) is 223 Å². The standard InChI is InChI=1S/C49H33N3/c1-4-16-36(17-5-1)49(37-18-6-2-7-19-37)43-23-11-10-22-39(43)41-32-40(42(33-44(41)49)45-24-14-15-31-50-45)34-27-29-35(30-28-34)48-51-46-25-12-13-26-47(46)52(48)38-20-8-3-9-21-38/h1-33H. The number of pyridine rings is 1. The van der Waals surface area contributed by atoms with Crippen molar-refractivity contribution in [3.8, 4) is 50.6 Å². The maximum absolute atomic E-state index is 5.13. The lowest BCUT2D eigenvalue weighted by Gasteiger charge is -2.34. The quantitative estimate of drug-likeness (QED) is 0.177. The van der Waals surface area contributed by atoms with E-state index in [-0.39, 0.29) is 0 Å². The van der Waals surface area contributed by atoms with Gasteiger partial charge >= 0.3 is 0 Å². The third-order valence-corrected chi connectivity index (χ3v) is 10.6. The number of hydrogen-bond donors (Lipinski definition) is 0. The lowest BCUT2D eigenvalue weighted by atomic mass is 9.67. The van der Waals surface area contributed by atoms with Crippen molar-refractivity contribution in [1.82, 2.24) is 14.5 Å². The first-order valence-electron chi connectivity index (χ1n) is 17.8. The maximum atomic E-state index is 5.13. The smallest absolute Gasteiger partial charge is 0.145 e. The zero-order chi connectivity index (χ0) is 34.5. The number of imidazole rings is 1. The van der Waals surface area contributed by atoms with E-state index in [2.05, 4.69) is 187 Å². The zero-order valence-corrected chi connectivity index (χ0v) is 28.4. The molecule has 0 atom stereocenters. The Balaban J connectivity index is 1.20. The van der Waals surface area contributed by atoms with Crippen molar-refractivity contribution in [2.75, 3.05) is 0 Å². The average Bonchev–Trinajstić information content (AvgIpc) is 3.76. The van der Waals surface area contributed by atoms with Crippen LogP contribution in [0.15, 0.2) is 200 Å². The number of aromatic nitrogens is 3. The molecule has 244 valence electrons. The van der Waals surface area contributed by atoms with Gasteiger partial charge in [-0.05, 0) is 93.0 Å². The Labute approximate surface area is 303 Å². The molecule has 10 rings (SSSR count). The van der Waals surface area contributed by atoms with Gasteiger partial charge in [0.05, 0.1) is 22.1 Å². The molecule has 0 saturated heterocycles. The monoisotopic (exact) mass is 663 g/mol. The van der Waals surface area contributed by atoms with Crippen molar-refractivity contribution in [2.45, 2.75) is 5.41 Å². The first-order valence-corrected chi connectivity index (χ1v) is 17.8. The molecule has 0 N–H and O–H groups in total. The lowest BCUT2D eigenvalue weighted by Crippen LogP contribution is -2.28. The predicted molar refractivity (Wildman–Crippen MR) is 212 cm³/mol. The van der Waals surface area contributed by atoms with Gasteiger partial charge in [-0.2, -0.15) is 0 Å². The Bertz CT molecular complexity index is 2660. The van der Waals surface area contributed by atoms with Crippen LogP contribution >= 0.6 is 0 Å². The third kappa shape index (κ3) is 4.60. The highest BCUT2D eigenvalue weighted by Gasteiger charge is 2.46. The summed E-state index contributed by atoms with van der Waals surface area (Å²) in [5.74, 6) is 0.919. The van der Waals surface area contributed by atoms with Gasteiger partial charge in [0.1, 0.15) is 5.82 Å². The van der Waals surface area contributed by atoms with Gasteiger partial charge in [-0.3, -0.25) is 9.55 Å². The van der Waals surface area contributed by atoms with Crippen molar-refractivity contribution < 1.29 is 0 Å². The van der Waals surface area contributed by atoms with E-state index < -0.39 is 5.41 Å². The summed E-state index contributed by atoms with van der Waals surface area (Å²) in [6, 6.07) is 69.5. The SMILES string of the molecule is c1ccc(-n2c(-c3ccc(-c4cc5c(cc4-c4ccccn4)C(c4ccccc4)(c4ccccc4)c4ccccc4-5)cc3)nc3ccccc32)cc1. The van der Waals surface area contributed by atoms with E-state index in [4.69, 9.17) is 9.97 Å². The zero-order valence-electron chi connectivity index (χ0n) is 28.4. The molecule has 1 aliphatic rings. The first-order chi connectivity index (χ1) is 25.8. The number of nitrogens with zero attached hydrogens (tertiary/aromatic N) is 3. The van der Waals surface area contributed by atoms with Crippen LogP contribution in [0.25, 0.3) is 61.6 Å². The molecule has 7 aromatic carbocycles. The Morgan fingerprint density at radius 2 is 1.04 bits per heavy atom. The minimum atomic E-state index is -0.489. The predicted octanol–water partition coefficient (Wildman–Crippen LogP) is 11.8. The van der Waals surface area contributed by atoms with E-state index in [0.717, 1.165) is 50.5 Å². The van der Waals surface area contributed by atoms with Crippen molar-refractivity contribution in [2.24, 2.45) is 0 Å². The van der Waals surface area contributed by atoms with Gasteiger partial charge in [-0.25, -0.2) is 4.98 Å². The Morgan fingerprint density at radius 1 is 0.423 bits per heavy atom. The molecule has 52 heavy (non-hydrogen) atoms. The molecule has 0 amide bonds. The number of para-hydroxylation sites is 3. The number of hydrogen-bond acceptors (Lipinski definition) is 2. The normalized spacial score (nSPS) is 12.8. The van der Waals surface area contributed by atoms with Gasteiger partial charge in [-0.15, -0.1) is 0 Å². The number of fused-ring (bicyclic) bond motifs is 4. The van der Waals surface area contributed by atoms with Crippen LogP contribution in [-0.2, 0) is 5.41 Å². The van der Waals surface area contributed by atoms with E-state index in [1.54, 1.807) is 0 Å².